The first-order valence-electron chi connectivity index (χ1n) is 4.83. The zero-order valence-electron chi connectivity index (χ0n) is 9.16. The van der Waals surface area contributed by atoms with Crippen molar-refractivity contribution in [3.05, 3.63) is 0 Å². The fourth-order valence-corrected chi connectivity index (χ4v) is 1.21. The third-order valence-electron chi connectivity index (χ3n) is 1.91. The Morgan fingerprint density at radius 3 is 0.600 bits per heavy atom. The average Bonchev–Trinajstić information content (AvgIpc) is 2.05. The van der Waals surface area contributed by atoms with Crippen LogP contribution in [0.15, 0.2) is 0 Å². The minimum Gasteiger partial charge on any atom is -0.412 e. The normalized spacial score (nSPS) is 19.2. The largest absolute Gasteiger partial charge is 0.412 e. The second-order valence-electron chi connectivity index (χ2n) is 3.00. The molecule has 10 N–H and O–H groups in total. The van der Waals surface area contributed by atoms with Crippen molar-refractivity contribution in [1.82, 2.24) is 21.3 Å². The molecule has 0 spiro atoms. The summed E-state index contributed by atoms with van der Waals surface area (Å²) in [6.07, 6.45) is 0. The van der Waals surface area contributed by atoms with E-state index in [-0.39, 0.29) is 16.4 Å². The molecule has 7 heteroatoms. The maximum absolute atomic E-state index is 3.36. The second-order valence-corrected chi connectivity index (χ2v) is 3.00. The van der Waals surface area contributed by atoms with Gasteiger partial charge in [-0.25, -0.2) is 0 Å². The van der Waals surface area contributed by atoms with Gasteiger partial charge in [-0.15, -0.1) is 0 Å². The van der Waals surface area contributed by atoms with Crippen LogP contribution in [0.4, 0.5) is 0 Å². The Labute approximate surface area is 90.9 Å². The zero-order valence-corrected chi connectivity index (χ0v) is 9.16. The van der Waals surface area contributed by atoms with Crippen molar-refractivity contribution in [2.75, 3.05) is 52.4 Å². The smallest absolute Gasteiger partial charge is 0.00772 e. The van der Waals surface area contributed by atoms with Crippen molar-refractivity contribution in [2.24, 2.45) is 0 Å². The fraction of sp³-hybridized carbons (Fsp3) is 1.00. The highest BCUT2D eigenvalue weighted by Crippen LogP contribution is 1.65. The Morgan fingerprint density at radius 1 is 0.333 bits per heavy atom. The predicted molar refractivity (Wildman–Crippen MR) is 62.3 cm³/mol. The van der Waals surface area contributed by atoms with Gasteiger partial charge < -0.3 is 37.7 Å². The van der Waals surface area contributed by atoms with Gasteiger partial charge in [-0.2, -0.15) is 0 Å². The monoisotopic (exact) mass is 226 g/mol. The van der Waals surface area contributed by atoms with E-state index in [9.17, 15) is 0 Å². The average molecular weight is 226 g/mol. The molecule has 0 aromatic carbocycles. The zero-order chi connectivity index (χ0) is 8.49. The van der Waals surface area contributed by atoms with Crippen molar-refractivity contribution in [1.29, 1.82) is 0 Å². The van der Waals surface area contributed by atoms with Crippen LogP contribution in [0.3, 0.4) is 0 Å². The summed E-state index contributed by atoms with van der Waals surface area (Å²) in [6, 6.07) is 0. The summed E-state index contributed by atoms with van der Waals surface area (Å²) in [7, 11) is 0. The number of nitrogens with one attached hydrogen (secondary N) is 4. The molecule has 1 fully saturated rings. The van der Waals surface area contributed by atoms with E-state index in [2.05, 4.69) is 21.3 Å². The fourth-order valence-electron chi connectivity index (χ4n) is 1.21. The summed E-state index contributed by atoms with van der Waals surface area (Å²) >= 11 is 0. The van der Waals surface area contributed by atoms with Gasteiger partial charge in [0.25, 0.3) is 0 Å². The van der Waals surface area contributed by atoms with Crippen LogP contribution >= 0.6 is 0 Å². The summed E-state index contributed by atoms with van der Waals surface area (Å²) in [5.41, 5.74) is 0. The van der Waals surface area contributed by atoms with Crippen molar-refractivity contribution in [3.8, 4) is 0 Å². The van der Waals surface area contributed by atoms with Crippen LogP contribution in [-0.2, 0) is 0 Å². The first-order chi connectivity index (χ1) is 6.00. The summed E-state index contributed by atoms with van der Waals surface area (Å²) in [5, 5.41) is 13.4. The van der Waals surface area contributed by atoms with Crippen LogP contribution in [0.25, 0.3) is 0 Å². The lowest BCUT2D eigenvalue weighted by atomic mass is 10.4. The van der Waals surface area contributed by atoms with Gasteiger partial charge in [0.2, 0.25) is 0 Å². The van der Waals surface area contributed by atoms with E-state index >= 15 is 0 Å². The van der Waals surface area contributed by atoms with Gasteiger partial charge in [0.05, 0.1) is 0 Å². The standard InChI is InChI=1S/C8H20N4.3H2O/c1-2-10-5-6-12-8-7-11-4-3-9-1;;;/h9-12H,1-8H2;3*1H2. The van der Waals surface area contributed by atoms with E-state index in [0.717, 1.165) is 52.4 Å². The Morgan fingerprint density at radius 2 is 0.467 bits per heavy atom. The van der Waals surface area contributed by atoms with E-state index in [0.29, 0.717) is 0 Å². The van der Waals surface area contributed by atoms with Crippen molar-refractivity contribution in [2.45, 2.75) is 0 Å². The van der Waals surface area contributed by atoms with Crippen LogP contribution in [0.5, 0.6) is 0 Å². The van der Waals surface area contributed by atoms with Gasteiger partial charge in [0.15, 0.2) is 0 Å². The predicted octanol–water partition coefficient (Wildman–Crippen LogP) is -4.12. The summed E-state index contributed by atoms with van der Waals surface area (Å²) < 4.78 is 0. The van der Waals surface area contributed by atoms with Crippen LogP contribution in [0, 0.1) is 0 Å². The van der Waals surface area contributed by atoms with Crippen molar-refractivity contribution < 1.29 is 16.4 Å². The second kappa shape index (κ2) is 16.2. The lowest BCUT2D eigenvalue weighted by Crippen LogP contribution is -2.39. The number of rotatable bonds is 0. The minimum absolute atomic E-state index is 0. The molecule has 0 atom stereocenters. The Kier molecular flexibility index (Phi) is 21.7. The van der Waals surface area contributed by atoms with E-state index < -0.39 is 0 Å². The van der Waals surface area contributed by atoms with Gasteiger partial charge in [-0.3, -0.25) is 0 Å². The van der Waals surface area contributed by atoms with Crippen LogP contribution in [0.2, 0.25) is 0 Å². The Balaban J connectivity index is -0.000000480. The molecular weight excluding hydrogens is 200 g/mol. The molecule has 0 bridgehead atoms. The van der Waals surface area contributed by atoms with Crippen molar-refractivity contribution in [3.63, 3.8) is 0 Å². The van der Waals surface area contributed by atoms with Gasteiger partial charge in [-0.1, -0.05) is 0 Å². The molecular formula is C8H26N4O3. The van der Waals surface area contributed by atoms with Crippen LogP contribution in [-0.4, -0.2) is 68.8 Å². The highest BCUT2D eigenvalue weighted by atomic mass is 16.0. The van der Waals surface area contributed by atoms with E-state index in [1.165, 1.54) is 0 Å². The summed E-state index contributed by atoms with van der Waals surface area (Å²) in [5.74, 6) is 0. The third kappa shape index (κ3) is 13.7. The summed E-state index contributed by atoms with van der Waals surface area (Å²) in [4.78, 5) is 0. The first kappa shape index (κ1) is 20.2. The molecule has 1 aliphatic rings. The molecule has 1 rings (SSSR count). The van der Waals surface area contributed by atoms with E-state index in [1.54, 1.807) is 0 Å². The molecule has 0 aromatic heterocycles. The molecule has 0 aliphatic carbocycles. The highest BCUT2D eigenvalue weighted by molar-refractivity contribution is 4.59. The SMILES string of the molecule is C1CNCCNCCNCCN1.O.O.O. The lowest BCUT2D eigenvalue weighted by molar-refractivity contribution is 0.534. The number of hydrogen-bond acceptors (Lipinski definition) is 4. The van der Waals surface area contributed by atoms with Gasteiger partial charge in [-0.05, 0) is 0 Å². The molecule has 1 aliphatic heterocycles. The van der Waals surface area contributed by atoms with E-state index in [4.69, 9.17) is 0 Å². The maximum atomic E-state index is 3.36. The Bertz CT molecular complexity index is 64.9. The molecule has 1 heterocycles. The van der Waals surface area contributed by atoms with Crippen LogP contribution < -0.4 is 21.3 Å². The van der Waals surface area contributed by atoms with Gasteiger partial charge in [0.1, 0.15) is 0 Å². The van der Waals surface area contributed by atoms with Crippen molar-refractivity contribution >= 4 is 0 Å². The lowest BCUT2D eigenvalue weighted by Gasteiger charge is -2.11. The molecule has 0 unspecified atom stereocenters. The Hall–Kier alpha value is -0.280. The molecule has 0 aromatic rings. The third-order valence-corrected chi connectivity index (χ3v) is 1.91. The molecule has 0 saturated carbocycles. The number of hydrogen-bond donors (Lipinski definition) is 4. The molecule has 96 valence electrons. The molecule has 0 radical (unpaired) electrons. The van der Waals surface area contributed by atoms with Gasteiger partial charge in [0, 0.05) is 52.4 Å². The molecule has 1 saturated heterocycles. The molecule has 0 amide bonds. The molecule has 15 heavy (non-hydrogen) atoms. The van der Waals surface area contributed by atoms with E-state index in [1.807, 2.05) is 0 Å². The highest BCUT2D eigenvalue weighted by Gasteiger charge is 1.92. The maximum Gasteiger partial charge on any atom is 0.00772 e. The molecule has 7 nitrogen and oxygen atoms in total. The minimum atomic E-state index is 0. The first-order valence-corrected chi connectivity index (χ1v) is 4.83. The quantitative estimate of drug-likeness (QED) is 0.333. The topological polar surface area (TPSA) is 143 Å². The van der Waals surface area contributed by atoms with Gasteiger partial charge >= 0.3 is 0 Å². The van der Waals surface area contributed by atoms with Crippen LogP contribution in [0.1, 0.15) is 0 Å². The summed E-state index contributed by atoms with van der Waals surface area (Å²) in [6.45, 7) is 8.57.